The van der Waals surface area contributed by atoms with Gasteiger partial charge in [-0.25, -0.2) is 9.97 Å². The molecule has 0 aliphatic carbocycles. The highest BCUT2D eigenvalue weighted by Gasteiger charge is 1.97. The van der Waals surface area contributed by atoms with Crippen molar-refractivity contribution in [3.63, 3.8) is 0 Å². The molecule has 0 spiro atoms. The zero-order chi connectivity index (χ0) is 13.2. The molecule has 0 N–H and O–H groups in total. The van der Waals surface area contributed by atoms with Crippen molar-refractivity contribution in [1.29, 1.82) is 0 Å². The molecule has 0 saturated heterocycles. The van der Waals surface area contributed by atoms with Crippen LogP contribution in [-0.4, -0.2) is 21.5 Å². The van der Waals surface area contributed by atoms with Gasteiger partial charge in [0.2, 0.25) is 0 Å². The number of rotatable bonds is 8. The first-order valence-corrected chi connectivity index (χ1v) is 10.5. The summed E-state index contributed by atoms with van der Waals surface area (Å²) in [5.41, 5.74) is 0. The lowest BCUT2D eigenvalue weighted by molar-refractivity contribution is 1.13. The summed E-state index contributed by atoms with van der Waals surface area (Å²) >= 11 is 0. The molecule has 0 saturated carbocycles. The highest BCUT2D eigenvalue weighted by atomic mass is 33.1. The van der Waals surface area contributed by atoms with Crippen LogP contribution in [0.2, 0.25) is 0 Å². The van der Waals surface area contributed by atoms with E-state index >= 15 is 0 Å². The number of hydrogen-bond acceptors (Lipinski definition) is 6. The van der Waals surface area contributed by atoms with E-state index in [9.17, 15) is 0 Å². The van der Waals surface area contributed by atoms with Gasteiger partial charge in [0.15, 0.2) is 0 Å². The molecule has 0 radical (unpaired) electrons. The quantitative estimate of drug-likeness (QED) is 0.497. The minimum Gasteiger partial charge on any atom is -0.249 e. The van der Waals surface area contributed by atoms with E-state index in [1.54, 1.807) is 21.6 Å². The fourth-order valence-corrected chi connectivity index (χ4v) is 5.29. The third kappa shape index (κ3) is 6.61. The van der Waals surface area contributed by atoms with Gasteiger partial charge in [-0.15, -0.1) is 0 Å². The second-order valence-corrected chi connectivity index (χ2v) is 8.37. The molecule has 2 heterocycles. The first-order chi connectivity index (χ1) is 9.45. The van der Waals surface area contributed by atoms with Crippen LogP contribution in [0, 0.1) is 0 Å². The third-order valence-electron chi connectivity index (χ3n) is 2.02. The molecule has 100 valence electrons. The van der Waals surface area contributed by atoms with Crippen molar-refractivity contribution in [2.75, 3.05) is 11.5 Å². The average molecular weight is 327 g/mol. The van der Waals surface area contributed by atoms with Gasteiger partial charge in [0.1, 0.15) is 10.1 Å². The van der Waals surface area contributed by atoms with Gasteiger partial charge in [-0.3, -0.25) is 0 Å². The van der Waals surface area contributed by atoms with Crippen molar-refractivity contribution in [3.8, 4) is 0 Å². The van der Waals surface area contributed by atoms with Crippen molar-refractivity contribution in [2.45, 2.75) is 16.5 Å². The van der Waals surface area contributed by atoms with Gasteiger partial charge in [0.05, 0.1) is 0 Å². The van der Waals surface area contributed by atoms with E-state index < -0.39 is 0 Å². The van der Waals surface area contributed by atoms with Crippen LogP contribution in [0.1, 0.15) is 6.42 Å². The van der Waals surface area contributed by atoms with E-state index in [1.165, 1.54) is 6.42 Å². The summed E-state index contributed by atoms with van der Waals surface area (Å²) in [5, 5.41) is 2.17. The van der Waals surface area contributed by atoms with Gasteiger partial charge in [-0.05, 0) is 52.3 Å². The minimum absolute atomic E-state index is 1.09. The van der Waals surface area contributed by atoms with E-state index in [0.29, 0.717) is 0 Å². The maximum Gasteiger partial charge on any atom is 0.106 e. The molecule has 0 unspecified atom stereocenters. The molecule has 0 amide bonds. The molecule has 2 aromatic heterocycles. The van der Waals surface area contributed by atoms with Gasteiger partial charge < -0.3 is 0 Å². The number of hydrogen-bond donors (Lipinski definition) is 0. The Hall–Kier alpha value is -0.300. The molecule has 0 aromatic carbocycles. The van der Waals surface area contributed by atoms with Crippen molar-refractivity contribution >= 4 is 43.2 Å². The van der Waals surface area contributed by atoms with Crippen LogP contribution in [0.25, 0.3) is 0 Å². The van der Waals surface area contributed by atoms with Gasteiger partial charge in [0, 0.05) is 23.9 Å². The normalized spacial score (nSPS) is 10.5. The molecule has 2 nitrogen and oxygen atoms in total. The lowest BCUT2D eigenvalue weighted by Gasteiger charge is -2.01. The number of aromatic nitrogens is 2. The van der Waals surface area contributed by atoms with Crippen molar-refractivity contribution < 1.29 is 0 Å². The summed E-state index contributed by atoms with van der Waals surface area (Å²) in [5.74, 6) is 2.30. The molecule has 19 heavy (non-hydrogen) atoms. The molecule has 0 atom stereocenters. The van der Waals surface area contributed by atoms with Crippen molar-refractivity contribution in [2.24, 2.45) is 0 Å². The Balaban J connectivity index is 1.49. The first kappa shape index (κ1) is 15.1. The van der Waals surface area contributed by atoms with Crippen LogP contribution < -0.4 is 0 Å². The van der Waals surface area contributed by atoms with Gasteiger partial charge >= 0.3 is 0 Å². The van der Waals surface area contributed by atoms with Crippen LogP contribution in [0.15, 0.2) is 58.8 Å². The largest absolute Gasteiger partial charge is 0.249 e. The van der Waals surface area contributed by atoms with Crippen molar-refractivity contribution in [3.05, 3.63) is 48.8 Å². The van der Waals surface area contributed by atoms with E-state index in [-0.39, 0.29) is 0 Å². The number of pyridine rings is 2. The first-order valence-electron chi connectivity index (χ1n) is 5.86. The summed E-state index contributed by atoms with van der Waals surface area (Å²) < 4.78 is 0. The van der Waals surface area contributed by atoms with E-state index in [4.69, 9.17) is 0 Å². The summed E-state index contributed by atoms with van der Waals surface area (Å²) in [4.78, 5) is 8.55. The van der Waals surface area contributed by atoms with Crippen LogP contribution in [0.5, 0.6) is 0 Å². The topological polar surface area (TPSA) is 25.8 Å². The summed E-state index contributed by atoms with van der Waals surface area (Å²) in [6.45, 7) is 0. The molecule has 0 aliphatic rings. The highest BCUT2D eigenvalue weighted by molar-refractivity contribution is 8.77. The van der Waals surface area contributed by atoms with Gasteiger partial charge in [0.25, 0.3) is 0 Å². The number of nitrogens with zero attached hydrogens (tertiary/aromatic N) is 2. The fraction of sp³-hybridized carbons (Fsp3) is 0.231. The average Bonchev–Trinajstić information content (AvgIpc) is 2.48. The zero-order valence-corrected chi connectivity index (χ0v) is 13.5. The molecule has 0 fully saturated rings. The molecule has 6 heteroatoms. The van der Waals surface area contributed by atoms with Crippen molar-refractivity contribution in [1.82, 2.24) is 9.97 Å². The Morgan fingerprint density at radius 2 is 1.26 bits per heavy atom. The van der Waals surface area contributed by atoms with E-state index in [0.717, 1.165) is 21.6 Å². The third-order valence-corrected chi connectivity index (χ3v) is 6.72. The lowest BCUT2D eigenvalue weighted by atomic mass is 10.5. The van der Waals surface area contributed by atoms with Crippen LogP contribution in [0.4, 0.5) is 0 Å². The smallest absolute Gasteiger partial charge is 0.106 e. The molecule has 2 aromatic rings. The molecular formula is C13H14N2S4. The van der Waals surface area contributed by atoms with Gasteiger partial charge in [-0.1, -0.05) is 33.7 Å². The Morgan fingerprint density at radius 1 is 0.737 bits per heavy atom. The second kappa shape index (κ2) is 9.58. The monoisotopic (exact) mass is 326 g/mol. The summed E-state index contributed by atoms with van der Waals surface area (Å²) in [6.07, 6.45) is 4.87. The Bertz CT molecular complexity index is 409. The second-order valence-electron chi connectivity index (χ2n) is 3.50. The highest BCUT2D eigenvalue weighted by Crippen LogP contribution is 2.32. The summed E-state index contributed by atoms with van der Waals surface area (Å²) in [6, 6.07) is 12.0. The van der Waals surface area contributed by atoms with E-state index in [2.05, 4.69) is 9.97 Å². The fourth-order valence-electron chi connectivity index (χ4n) is 1.17. The van der Waals surface area contributed by atoms with Crippen LogP contribution >= 0.6 is 43.2 Å². The molecule has 2 rings (SSSR count). The lowest BCUT2D eigenvalue weighted by Crippen LogP contribution is -1.81. The Labute approximate surface area is 129 Å². The maximum absolute atomic E-state index is 4.28. The Kier molecular flexibility index (Phi) is 7.61. The molecule has 0 aliphatic heterocycles. The molecule has 0 bridgehead atoms. The predicted octanol–water partition coefficient (Wildman–Crippen LogP) is 5.05. The Morgan fingerprint density at radius 3 is 1.68 bits per heavy atom. The molecular weight excluding hydrogens is 312 g/mol. The zero-order valence-electron chi connectivity index (χ0n) is 10.3. The minimum atomic E-state index is 1.09. The maximum atomic E-state index is 4.28. The predicted molar refractivity (Wildman–Crippen MR) is 89.7 cm³/mol. The van der Waals surface area contributed by atoms with Crippen LogP contribution in [-0.2, 0) is 0 Å². The standard InChI is InChI=1S/C13H14N2S4/c1-3-8-14-12(6-1)18-16-10-5-11-17-19-13-7-2-4-9-15-13/h1-4,6-9H,5,10-11H2. The van der Waals surface area contributed by atoms with Gasteiger partial charge in [-0.2, -0.15) is 0 Å². The SMILES string of the molecule is c1ccc(SSCCCSSc2ccccn2)nc1. The van der Waals surface area contributed by atoms with E-state index in [1.807, 2.05) is 70.4 Å². The summed E-state index contributed by atoms with van der Waals surface area (Å²) in [7, 11) is 7.24. The van der Waals surface area contributed by atoms with Crippen LogP contribution in [0.3, 0.4) is 0 Å².